The van der Waals surface area contributed by atoms with Crippen molar-refractivity contribution in [3.8, 4) is 0 Å². The normalized spacial score (nSPS) is 10.9. The Bertz CT molecular complexity index is 233. The van der Waals surface area contributed by atoms with E-state index >= 15 is 0 Å². The zero-order valence-corrected chi connectivity index (χ0v) is 8.06. The second-order valence-electron chi connectivity index (χ2n) is 2.40. The van der Waals surface area contributed by atoms with Crippen molar-refractivity contribution in [3.05, 3.63) is 16.3 Å². The van der Waals surface area contributed by atoms with Gasteiger partial charge in [0.1, 0.15) is 7.85 Å². The molecule has 1 rings (SSSR count). The summed E-state index contributed by atoms with van der Waals surface area (Å²) in [6.45, 7) is 0. The Morgan fingerprint density at radius 2 is 2.17 bits per heavy atom. The highest BCUT2D eigenvalue weighted by Crippen LogP contribution is 2.09. The third-order valence-corrected chi connectivity index (χ3v) is 2.62. The molecule has 0 aliphatic carbocycles. The number of methoxy groups -OCH3 is 2. The van der Waals surface area contributed by atoms with Crippen LogP contribution in [0.4, 0.5) is 0 Å². The minimum atomic E-state index is -0.189. The molecule has 0 spiro atoms. The summed E-state index contributed by atoms with van der Waals surface area (Å²) in [5.41, 5.74) is 0.819. The van der Waals surface area contributed by atoms with Crippen LogP contribution in [-0.4, -0.2) is 28.4 Å². The number of hydrogen-bond acceptors (Lipinski definition) is 3. The van der Waals surface area contributed by atoms with Crippen LogP contribution in [0.1, 0.15) is 4.88 Å². The SMILES string of the molecule is [B]c1ccsc1CC(OC)OC. The highest BCUT2D eigenvalue weighted by atomic mass is 32.1. The van der Waals surface area contributed by atoms with Crippen molar-refractivity contribution in [2.45, 2.75) is 12.7 Å². The van der Waals surface area contributed by atoms with Gasteiger partial charge in [-0.1, -0.05) is 11.5 Å². The van der Waals surface area contributed by atoms with E-state index in [1.165, 1.54) is 0 Å². The molecular formula is C8H11BO2S. The summed E-state index contributed by atoms with van der Waals surface area (Å²) in [6.07, 6.45) is 0.530. The predicted octanol–water partition coefficient (Wildman–Crippen LogP) is 0.703. The van der Waals surface area contributed by atoms with E-state index in [-0.39, 0.29) is 6.29 Å². The van der Waals surface area contributed by atoms with Crippen molar-refractivity contribution in [3.63, 3.8) is 0 Å². The fourth-order valence-electron chi connectivity index (χ4n) is 0.931. The Morgan fingerprint density at radius 1 is 1.50 bits per heavy atom. The lowest BCUT2D eigenvalue weighted by Crippen LogP contribution is -2.19. The van der Waals surface area contributed by atoms with Crippen molar-refractivity contribution in [2.24, 2.45) is 0 Å². The summed E-state index contributed by atoms with van der Waals surface area (Å²) in [7, 11) is 8.94. The maximum absolute atomic E-state index is 5.70. The van der Waals surface area contributed by atoms with Crippen LogP contribution in [-0.2, 0) is 15.9 Å². The van der Waals surface area contributed by atoms with Crippen molar-refractivity contribution >= 4 is 24.6 Å². The Balaban J connectivity index is 2.56. The average molecular weight is 182 g/mol. The van der Waals surface area contributed by atoms with Crippen molar-refractivity contribution < 1.29 is 9.47 Å². The minimum absolute atomic E-state index is 0.189. The molecule has 64 valence electrons. The lowest BCUT2D eigenvalue weighted by atomic mass is 9.96. The topological polar surface area (TPSA) is 18.5 Å². The minimum Gasteiger partial charge on any atom is -0.356 e. The van der Waals surface area contributed by atoms with Gasteiger partial charge in [0.25, 0.3) is 0 Å². The zero-order chi connectivity index (χ0) is 8.97. The first-order valence-electron chi connectivity index (χ1n) is 3.65. The molecule has 1 aromatic rings. The summed E-state index contributed by atoms with van der Waals surface area (Å²) in [5.74, 6) is 0. The van der Waals surface area contributed by atoms with Crippen LogP contribution < -0.4 is 5.46 Å². The van der Waals surface area contributed by atoms with Crippen LogP contribution >= 0.6 is 11.3 Å². The zero-order valence-electron chi connectivity index (χ0n) is 7.24. The van der Waals surface area contributed by atoms with Gasteiger partial charge in [-0.15, -0.1) is 11.3 Å². The fraction of sp³-hybridized carbons (Fsp3) is 0.500. The maximum atomic E-state index is 5.70. The van der Waals surface area contributed by atoms with Gasteiger partial charge in [0.05, 0.1) is 0 Å². The summed E-state index contributed by atoms with van der Waals surface area (Å²) in [5, 5.41) is 1.97. The lowest BCUT2D eigenvalue weighted by Gasteiger charge is -2.12. The van der Waals surface area contributed by atoms with E-state index in [9.17, 15) is 0 Å². The maximum Gasteiger partial charge on any atom is 0.161 e. The smallest absolute Gasteiger partial charge is 0.161 e. The molecule has 4 heteroatoms. The summed E-state index contributed by atoms with van der Waals surface area (Å²) >= 11 is 1.62. The summed E-state index contributed by atoms with van der Waals surface area (Å²) in [4.78, 5) is 1.11. The van der Waals surface area contributed by atoms with Crippen LogP contribution in [0.5, 0.6) is 0 Å². The molecule has 2 nitrogen and oxygen atoms in total. The van der Waals surface area contributed by atoms with E-state index in [4.69, 9.17) is 17.3 Å². The highest BCUT2D eigenvalue weighted by molar-refractivity contribution is 7.11. The van der Waals surface area contributed by atoms with Gasteiger partial charge in [-0.05, 0) is 5.38 Å². The first-order chi connectivity index (χ1) is 5.77. The molecular weight excluding hydrogens is 171 g/mol. The average Bonchev–Trinajstić information content (AvgIpc) is 2.47. The van der Waals surface area contributed by atoms with Crippen molar-refractivity contribution in [2.75, 3.05) is 14.2 Å². The van der Waals surface area contributed by atoms with E-state index in [2.05, 4.69) is 0 Å². The van der Waals surface area contributed by atoms with Crippen molar-refractivity contribution in [1.82, 2.24) is 0 Å². The van der Waals surface area contributed by atoms with Crippen LogP contribution in [0.15, 0.2) is 11.4 Å². The Labute approximate surface area is 77.9 Å². The summed E-state index contributed by atoms with van der Waals surface area (Å²) in [6, 6.07) is 1.89. The Morgan fingerprint density at radius 3 is 2.58 bits per heavy atom. The van der Waals surface area contributed by atoms with Gasteiger partial charge in [0.15, 0.2) is 6.29 Å². The van der Waals surface area contributed by atoms with Gasteiger partial charge in [0, 0.05) is 25.5 Å². The largest absolute Gasteiger partial charge is 0.356 e. The molecule has 0 aromatic carbocycles. The summed E-state index contributed by atoms with van der Waals surface area (Å²) < 4.78 is 10.1. The first-order valence-corrected chi connectivity index (χ1v) is 4.53. The third kappa shape index (κ3) is 2.34. The van der Waals surface area contributed by atoms with Gasteiger partial charge in [-0.25, -0.2) is 0 Å². The number of thiophene rings is 1. The molecule has 0 fully saturated rings. The molecule has 0 aliphatic heterocycles. The molecule has 12 heavy (non-hydrogen) atoms. The Kier molecular flexibility index (Phi) is 3.78. The monoisotopic (exact) mass is 182 g/mol. The molecule has 2 radical (unpaired) electrons. The molecule has 0 atom stereocenters. The molecule has 1 aromatic heterocycles. The number of ether oxygens (including phenoxy) is 2. The second kappa shape index (κ2) is 4.65. The highest BCUT2D eigenvalue weighted by Gasteiger charge is 2.08. The molecule has 0 bridgehead atoms. The third-order valence-electron chi connectivity index (χ3n) is 1.66. The predicted molar refractivity (Wildman–Crippen MR) is 51.2 cm³/mol. The van der Waals surface area contributed by atoms with Gasteiger partial charge >= 0.3 is 0 Å². The van der Waals surface area contributed by atoms with Gasteiger partial charge < -0.3 is 9.47 Å². The lowest BCUT2D eigenvalue weighted by molar-refractivity contribution is -0.0997. The van der Waals surface area contributed by atoms with Crippen LogP contribution in [0.2, 0.25) is 0 Å². The van der Waals surface area contributed by atoms with Crippen LogP contribution in [0.3, 0.4) is 0 Å². The molecule has 0 N–H and O–H groups in total. The molecule has 0 aliphatic rings. The quantitative estimate of drug-likeness (QED) is 0.504. The number of rotatable bonds is 4. The van der Waals surface area contributed by atoms with Gasteiger partial charge in [-0.3, -0.25) is 0 Å². The van der Waals surface area contributed by atoms with E-state index in [0.717, 1.165) is 16.8 Å². The molecule has 1 heterocycles. The van der Waals surface area contributed by atoms with Crippen LogP contribution in [0.25, 0.3) is 0 Å². The van der Waals surface area contributed by atoms with Crippen molar-refractivity contribution in [1.29, 1.82) is 0 Å². The Hall–Kier alpha value is -0.315. The van der Waals surface area contributed by atoms with Crippen LogP contribution in [0, 0.1) is 0 Å². The molecule has 0 saturated heterocycles. The molecule has 0 amide bonds. The molecule has 0 unspecified atom stereocenters. The first kappa shape index (κ1) is 9.77. The van der Waals surface area contributed by atoms with Gasteiger partial charge in [-0.2, -0.15) is 0 Å². The number of hydrogen-bond donors (Lipinski definition) is 0. The van der Waals surface area contributed by atoms with E-state index in [1.54, 1.807) is 25.6 Å². The molecule has 0 saturated carbocycles. The standard InChI is InChI=1S/C8H11BO2S/c1-10-8(11-2)5-7-6(9)3-4-12-7/h3-4,8H,5H2,1-2H3. The van der Waals surface area contributed by atoms with Gasteiger partial charge in [0.2, 0.25) is 0 Å². The van der Waals surface area contributed by atoms with E-state index in [0.29, 0.717) is 0 Å². The fourth-order valence-corrected chi connectivity index (χ4v) is 1.75. The second-order valence-corrected chi connectivity index (χ2v) is 3.40. The van der Waals surface area contributed by atoms with E-state index < -0.39 is 0 Å². The van der Waals surface area contributed by atoms with E-state index in [1.807, 2.05) is 11.4 Å².